The molecule has 0 radical (unpaired) electrons. The molecule has 0 saturated carbocycles. The van der Waals surface area contributed by atoms with Crippen LogP contribution in [0.3, 0.4) is 0 Å². The van der Waals surface area contributed by atoms with Crippen LogP contribution in [0.1, 0.15) is 30.1 Å². The van der Waals surface area contributed by atoms with Gasteiger partial charge in [0.25, 0.3) is 5.91 Å². The molecule has 5 nitrogen and oxygen atoms in total. The van der Waals surface area contributed by atoms with E-state index in [1.54, 1.807) is 19.2 Å². The summed E-state index contributed by atoms with van der Waals surface area (Å²) in [5.41, 5.74) is 0.364. The Hall–Kier alpha value is -2.30. The summed E-state index contributed by atoms with van der Waals surface area (Å²) in [4.78, 5) is 25.5. The summed E-state index contributed by atoms with van der Waals surface area (Å²) in [6.07, 6.45) is 4.84. The van der Waals surface area contributed by atoms with E-state index in [4.69, 9.17) is 0 Å². The fourth-order valence-corrected chi connectivity index (χ4v) is 2.84. The molecule has 5 heteroatoms. The van der Waals surface area contributed by atoms with Crippen LogP contribution in [0.15, 0.2) is 36.7 Å². The van der Waals surface area contributed by atoms with Gasteiger partial charge in [-0.25, -0.2) is 4.79 Å². The zero-order valence-electron chi connectivity index (χ0n) is 11.2. The van der Waals surface area contributed by atoms with Gasteiger partial charge in [0.15, 0.2) is 0 Å². The van der Waals surface area contributed by atoms with Crippen molar-refractivity contribution >= 4 is 17.4 Å². The number of carbonyl (C=O) groups is 2. The molecule has 0 aliphatic carbocycles. The molecule has 2 aromatic heterocycles. The largest absolute Gasteiger partial charge is 0.480 e. The number of hydrogen-bond acceptors (Lipinski definition) is 2. The van der Waals surface area contributed by atoms with Crippen molar-refractivity contribution in [2.75, 3.05) is 6.54 Å². The number of carboxylic acid groups (broad SMARTS) is 1. The van der Waals surface area contributed by atoms with E-state index in [0.717, 1.165) is 11.9 Å². The Morgan fingerprint density at radius 1 is 1.35 bits per heavy atom. The zero-order chi connectivity index (χ0) is 14.3. The molecule has 1 saturated heterocycles. The van der Waals surface area contributed by atoms with E-state index in [0.29, 0.717) is 18.5 Å². The molecule has 1 fully saturated rings. The predicted molar refractivity (Wildman–Crippen MR) is 73.7 cm³/mol. The van der Waals surface area contributed by atoms with E-state index >= 15 is 0 Å². The number of pyridine rings is 1. The molecule has 1 amide bonds. The standard InChI is InChI=1S/C15H16N2O3/c1-15(14(19)20)6-4-8-17(15)13(18)11-9-12-5-2-3-7-16(12)10-11/h2-3,5,7,9-10H,4,6,8H2,1H3,(H,19,20). The quantitative estimate of drug-likeness (QED) is 0.909. The zero-order valence-corrected chi connectivity index (χ0v) is 11.2. The van der Waals surface area contributed by atoms with Crippen LogP contribution in [0.5, 0.6) is 0 Å². The van der Waals surface area contributed by atoms with E-state index in [1.807, 2.05) is 28.8 Å². The van der Waals surface area contributed by atoms with Gasteiger partial charge in [-0.05, 0) is 38.0 Å². The van der Waals surface area contributed by atoms with Crippen molar-refractivity contribution in [2.24, 2.45) is 0 Å². The molecule has 0 spiro atoms. The SMILES string of the molecule is CC1(C(=O)O)CCCN1C(=O)c1cc2ccccn2c1. The number of carbonyl (C=O) groups excluding carboxylic acids is 1. The van der Waals surface area contributed by atoms with Gasteiger partial charge in [-0.3, -0.25) is 4.79 Å². The van der Waals surface area contributed by atoms with Gasteiger partial charge in [0, 0.05) is 24.5 Å². The fraction of sp³-hybridized carbons (Fsp3) is 0.333. The van der Waals surface area contributed by atoms with E-state index in [2.05, 4.69) is 0 Å². The van der Waals surface area contributed by atoms with E-state index in [9.17, 15) is 14.7 Å². The van der Waals surface area contributed by atoms with Crippen molar-refractivity contribution in [2.45, 2.75) is 25.3 Å². The van der Waals surface area contributed by atoms with E-state index < -0.39 is 11.5 Å². The Bertz CT molecular complexity index is 658. The summed E-state index contributed by atoms with van der Waals surface area (Å²) in [6, 6.07) is 7.50. The highest BCUT2D eigenvalue weighted by Crippen LogP contribution is 2.31. The van der Waals surface area contributed by atoms with Crippen molar-refractivity contribution < 1.29 is 14.7 Å². The molecule has 2 aromatic rings. The summed E-state index contributed by atoms with van der Waals surface area (Å²) >= 11 is 0. The second-order valence-corrected chi connectivity index (χ2v) is 5.40. The molecule has 1 atom stereocenters. The minimum Gasteiger partial charge on any atom is -0.480 e. The van der Waals surface area contributed by atoms with Gasteiger partial charge < -0.3 is 14.4 Å². The second-order valence-electron chi connectivity index (χ2n) is 5.40. The van der Waals surface area contributed by atoms with Crippen molar-refractivity contribution in [3.05, 3.63) is 42.2 Å². The number of carboxylic acids is 1. The summed E-state index contributed by atoms with van der Waals surface area (Å²) in [6.45, 7) is 2.11. The topological polar surface area (TPSA) is 62.0 Å². The maximum atomic E-state index is 12.6. The fourth-order valence-electron chi connectivity index (χ4n) is 2.84. The van der Waals surface area contributed by atoms with Crippen LogP contribution in [0.2, 0.25) is 0 Å². The maximum absolute atomic E-state index is 12.6. The highest BCUT2D eigenvalue weighted by atomic mass is 16.4. The minimum absolute atomic E-state index is 0.212. The third-order valence-corrected chi connectivity index (χ3v) is 4.10. The summed E-state index contributed by atoms with van der Waals surface area (Å²) in [7, 11) is 0. The molecule has 1 N–H and O–H groups in total. The molecule has 1 aliphatic rings. The molecule has 3 heterocycles. The first-order valence-corrected chi connectivity index (χ1v) is 6.64. The monoisotopic (exact) mass is 272 g/mol. The van der Waals surface area contributed by atoms with Crippen LogP contribution in [0.4, 0.5) is 0 Å². The third kappa shape index (κ3) is 1.78. The summed E-state index contributed by atoms with van der Waals surface area (Å²) in [5.74, 6) is -1.15. The van der Waals surface area contributed by atoms with Crippen molar-refractivity contribution in [1.29, 1.82) is 0 Å². The number of aliphatic carboxylic acids is 1. The van der Waals surface area contributed by atoms with E-state index in [-0.39, 0.29) is 5.91 Å². The molecule has 3 rings (SSSR count). The van der Waals surface area contributed by atoms with Gasteiger partial charge in [0.05, 0.1) is 5.56 Å². The normalized spacial score (nSPS) is 22.4. The van der Waals surface area contributed by atoms with Gasteiger partial charge in [-0.2, -0.15) is 0 Å². The Morgan fingerprint density at radius 2 is 2.15 bits per heavy atom. The van der Waals surface area contributed by atoms with Gasteiger partial charge in [-0.15, -0.1) is 0 Å². The number of amides is 1. The van der Waals surface area contributed by atoms with Crippen molar-refractivity contribution in [1.82, 2.24) is 9.30 Å². The van der Waals surface area contributed by atoms with Crippen molar-refractivity contribution in [3.8, 4) is 0 Å². The summed E-state index contributed by atoms with van der Waals surface area (Å²) in [5, 5.41) is 9.38. The number of nitrogens with zero attached hydrogens (tertiary/aromatic N) is 2. The number of rotatable bonds is 2. The van der Waals surface area contributed by atoms with Gasteiger partial charge >= 0.3 is 5.97 Å². The van der Waals surface area contributed by atoms with Gasteiger partial charge in [0.1, 0.15) is 5.54 Å². The van der Waals surface area contributed by atoms with E-state index in [1.165, 1.54) is 4.90 Å². The van der Waals surface area contributed by atoms with Crippen molar-refractivity contribution in [3.63, 3.8) is 0 Å². The average Bonchev–Trinajstić information content (AvgIpc) is 3.02. The number of likely N-dealkylation sites (tertiary alicyclic amines) is 1. The van der Waals surface area contributed by atoms with Crippen LogP contribution in [0.25, 0.3) is 5.52 Å². The molecule has 104 valence electrons. The molecular weight excluding hydrogens is 256 g/mol. The number of fused-ring (bicyclic) bond motifs is 1. The van der Waals surface area contributed by atoms with Crippen LogP contribution in [0, 0.1) is 0 Å². The lowest BCUT2D eigenvalue weighted by Crippen LogP contribution is -2.50. The molecule has 0 bridgehead atoms. The lowest BCUT2D eigenvalue weighted by molar-refractivity contribution is -0.147. The number of aromatic nitrogens is 1. The lowest BCUT2D eigenvalue weighted by atomic mass is 9.99. The highest BCUT2D eigenvalue weighted by Gasteiger charge is 2.46. The van der Waals surface area contributed by atoms with Crippen LogP contribution < -0.4 is 0 Å². The minimum atomic E-state index is -1.09. The first-order chi connectivity index (χ1) is 9.52. The Labute approximate surface area is 116 Å². The van der Waals surface area contributed by atoms with Gasteiger partial charge in [-0.1, -0.05) is 6.07 Å². The molecule has 1 aliphatic heterocycles. The van der Waals surface area contributed by atoms with Gasteiger partial charge in [0.2, 0.25) is 0 Å². The summed E-state index contributed by atoms with van der Waals surface area (Å²) < 4.78 is 1.86. The second kappa shape index (κ2) is 4.37. The Balaban J connectivity index is 1.98. The highest BCUT2D eigenvalue weighted by molar-refractivity contribution is 5.99. The van der Waals surface area contributed by atoms with Crippen LogP contribution in [-0.4, -0.2) is 38.4 Å². The maximum Gasteiger partial charge on any atom is 0.329 e. The van der Waals surface area contributed by atoms with Crippen LogP contribution in [-0.2, 0) is 4.79 Å². The Morgan fingerprint density at radius 3 is 2.85 bits per heavy atom. The molecule has 0 aromatic carbocycles. The average molecular weight is 272 g/mol. The first kappa shape index (κ1) is 12.7. The smallest absolute Gasteiger partial charge is 0.329 e. The molecule has 1 unspecified atom stereocenters. The van der Waals surface area contributed by atoms with Crippen LogP contribution >= 0.6 is 0 Å². The lowest BCUT2D eigenvalue weighted by Gasteiger charge is -2.30. The molecule has 20 heavy (non-hydrogen) atoms. The first-order valence-electron chi connectivity index (χ1n) is 6.64. The Kier molecular flexibility index (Phi) is 2.78. The predicted octanol–water partition coefficient (Wildman–Crippen LogP) is 2.02. The third-order valence-electron chi connectivity index (χ3n) is 4.10. The molecular formula is C15H16N2O3. The number of hydrogen-bond donors (Lipinski definition) is 1.